The van der Waals surface area contributed by atoms with Crippen LogP contribution in [0.1, 0.15) is 0 Å². The molecule has 0 bridgehead atoms. The molecule has 2 rings (SSSR count). The number of rotatable bonds is 1. The standard InChI is InChI=1S/C8H6F2N4/c9-4-1-2-5(12-3-4)7-6(10)8(11)14-13-7/h1-3H,(H3,11,13,14). The van der Waals surface area contributed by atoms with E-state index in [1.807, 2.05) is 0 Å². The number of hydrogen-bond donors (Lipinski definition) is 2. The lowest BCUT2D eigenvalue weighted by molar-refractivity contribution is 0.620. The van der Waals surface area contributed by atoms with Crippen LogP contribution < -0.4 is 5.73 Å². The van der Waals surface area contributed by atoms with Gasteiger partial charge in [0.1, 0.15) is 11.5 Å². The lowest BCUT2D eigenvalue weighted by Gasteiger charge is -1.95. The van der Waals surface area contributed by atoms with Crippen molar-refractivity contribution >= 4 is 5.82 Å². The molecule has 2 heterocycles. The van der Waals surface area contributed by atoms with E-state index in [1.54, 1.807) is 0 Å². The summed E-state index contributed by atoms with van der Waals surface area (Å²) >= 11 is 0. The van der Waals surface area contributed by atoms with Gasteiger partial charge in [-0.15, -0.1) is 0 Å². The summed E-state index contributed by atoms with van der Waals surface area (Å²) in [5, 5.41) is 5.83. The molecule has 0 spiro atoms. The number of aromatic amines is 1. The smallest absolute Gasteiger partial charge is 0.194 e. The average Bonchev–Trinajstić information content (AvgIpc) is 2.50. The zero-order chi connectivity index (χ0) is 10.1. The number of H-pyrrole nitrogens is 1. The van der Waals surface area contributed by atoms with Crippen LogP contribution in [0.15, 0.2) is 18.3 Å². The SMILES string of the molecule is Nc1n[nH]c(-c2ccc(F)cn2)c1F. The minimum Gasteiger partial charge on any atom is -0.380 e. The van der Waals surface area contributed by atoms with E-state index < -0.39 is 11.6 Å². The topological polar surface area (TPSA) is 67.6 Å². The number of nitrogens with two attached hydrogens (primary N) is 1. The van der Waals surface area contributed by atoms with E-state index in [0.717, 1.165) is 6.20 Å². The van der Waals surface area contributed by atoms with Crippen molar-refractivity contribution < 1.29 is 8.78 Å². The second kappa shape index (κ2) is 3.06. The Hall–Kier alpha value is -1.98. The first-order valence-electron chi connectivity index (χ1n) is 3.80. The second-order valence-electron chi connectivity index (χ2n) is 2.66. The van der Waals surface area contributed by atoms with Crippen LogP contribution in [0, 0.1) is 11.6 Å². The van der Waals surface area contributed by atoms with E-state index >= 15 is 0 Å². The zero-order valence-electron chi connectivity index (χ0n) is 6.96. The molecule has 2 aromatic heterocycles. The average molecular weight is 196 g/mol. The van der Waals surface area contributed by atoms with Gasteiger partial charge in [0, 0.05) is 0 Å². The molecule has 0 aliphatic rings. The quantitative estimate of drug-likeness (QED) is 0.723. The van der Waals surface area contributed by atoms with Crippen molar-refractivity contribution in [2.24, 2.45) is 0 Å². The molecule has 0 aliphatic heterocycles. The van der Waals surface area contributed by atoms with Gasteiger partial charge in [-0.2, -0.15) is 5.10 Å². The molecule has 3 N–H and O–H groups in total. The Balaban J connectivity index is 2.49. The molecule has 0 saturated heterocycles. The summed E-state index contributed by atoms with van der Waals surface area (Å²) < 4.78 is 25.7. The fourth-order valence-electron chi connectivity index (χ4n) is 1.04. The fourth-order valence-corrected chi connectivity index (χ4v) is 1.04. The summed E-state index contributed by atoms with van der Waals surface area (Å²) in [6.07, 6.45) is 0.992. The van der Waals surface area contributed by atoms with Crippen LogP contribution in [0.4, 0.5) is 14.6 Å². The van der Waals surface area contributed by atoms with Gasteiger partial charge in [0.2, 0.25) is 0 Å². The molecule has 4 nitrogen and oxygen atoms in total. The highest BCUT2D eigenvalue weighted by Crippen LogP contribution is 2.21. The third-order valence-corrected chi connectivity index (χ3v) is 1.72. The van der Waals surface area contributed by atoms with Gasteiger partial charge in [-0.1, -0.05) is 0 Å². The van der Waals surface area contributed by atoms with Crippen molar-refractivity contribution in [1.82, 2.24) is 15.2 Å². The molecule has 0 atom stereocenters. The van der Waals surface area contributed by atoms with E-state index in [1.165, 1.54) is 12.1 Å². The molecule has 0 radical (unpaired) electrons. The second-order valence-corrected chi connectivity index (χ2v) is 2.66. The van der Waals surface area contributed by atoms with Crippen LogP contribution >= 0.6 is 0 Å². The molecular formula is C8H6F2N4. The molecular weight excluding hydrogens is 190 g/mol. The van der Waals surface area contributed by atoms with Crippen molar-refractivity contribution in [2.45, 2.75) is 0 Å². The summed E-state index contributed by atoms with van der Waals surface area (Å²) in [6.45, 7) is 0. The summed E-state index contributed by atoms with van der Waals surface area (Å²) in [5.41, 5.74) is 5.50. The molecule has 0 unspecified atom stereocenters. The maximum absolute atomic E-state index is 13.2. The van der Waals surface area contributed by atoms with E-state index in [4.69, 9.17) is 5.73 Å². The van der Waals surface area contributed by atoms with Crippen LogP contribution in [0.3, 0.4) is 0 Å². The summed E-state index contributed by atoms with van der Waals surface area (Å²) in [4.78, 5) is 3.68. The van der Waals surface area contributed by atoms with Crippen LogP contribution in [-0.4, -0.2) is 15.2 Å². The van der Waals surface area contributed by atoms with Crippen molar-refractivity contribution in [2.75, 3.05) is 5.73 Å². The van der Waals surface area contributed by atoms with E-state index in [-0.39, 0.29) is 17.2 Å². The van der Waals surface area contributed by atoms with Crippen molar-refractivity contribution in [3.63, 3.8) is 0 Å². The van der Waals surface area contributed by atoms with Crippen LogP contribution in [-0.2, 0) is 0 Å². The Morgan fingerprint density at radius 2 is 2.07 bits per heavy atom. The van der Waals surface area contributed by atoms with Gasteiger partial charge in [0.05, 0.1) is 11.9 Å². The van der Waals surface area contributed by atoms with Crippen LogP contribution in [0.5, 0.6) is 0 Å². The highest BCUT2D eigenvalue weighted by Gasteiger charge is 2.12. The first-order valence-corrected chi connectivity index (χ1v) is 3.80. The number of pyridine rings is 1. The number of nitrogens with one attached hydrogen (secondary N) is 1. The fraction of sp³-hybridized carbons (Fsp3) is 0. The molecule has 2 aromatic rings. The Labute approximate surface area is 77.8 Å². The highest BCUT2D eigenvalue weighted by atomic mass is 19.1. The van der Waals surface area contributed by atoms with Gasteiger partial charge < -0.3 is 5.73 Å². The molecule has 0 fully saturated rings. The summed E-state index contributed by atoms with van der Waals surface area (Å²) in [6, 6.07) is 2.52. The minimum absolute atomic E-state index is 0.0579. The Kier molecular flexibility index (Phi) is 1.88. The molecule has 14 heavy (non-hydrogen) atoms. The first kappa shape index (κ1) is 8.61. The number of nitrogens with zero attached hydrogens (tertiary/aromatic N) is 2. The predicted octanol–water partition coefficient (Wildman–Crippen LogP) is 1.33. The number of halogens is 2. The largest absolute Gasteiger partial charge is 0.380 e. The van der Waals surface area contributed by atoms with Crippen molar-refractivity contribution in [3.8, 4) is 11.4 Å². The zero-order valence-corrected chi connectivity index (χ0v) is 6.96. The maximum Gasteiger partial charge on any atom is 0.194 e. The van der Waals surface area contributed by atoms with E-state index in [0.29, 0.717) is 0 Å². The lowest BCUT2D eigenvalue weighted by Crippen LogP contribution is -1.89. The molecule has 0 aromatic carbocycles. The Morgan fingerprint density at radius 1 is 1.29 bits per heavy atom. The normalized spacial score (nSPS) is 10.4. The first-order chi connectivity index (χ1) is 6.68. The highest BCUT2D eigenvalue weighted by molar-refractivity contribution is 5.58. The van der Waals surface area contributed by atoms with Crippen molar-refractivity contribution in [1.29, 1.82) is 0 Å². The van der Waals surface area contributed by atoms with Gasteiger partial charge in [-0.05, 0) is 12.1 Å². The van der Waals surface area contributed by atoms with Crippen LogP contribution in [0.25, 0.3) is 11.4 Å². The van der Waals surface area contributed by atoms with Gasteiger partial charge in [0.15, 0.2) is 11.6 Å². The van der Waals surface area contributed by atoms with E-state index in [2.05, 4.69) is 15.2 Å². The molecule has 6 heteroatoms. The monoisotopic (exact) mass is 196 g/mol. The molecule has 0 amide bonds. The third-order valence-electron chi connectivity index (χ3n) is 1.72. The van der Waals surface area contributed by atoms with E-state index in [9.17, 15) is 8.78 Å². The van der Waals surface area contributed by atoms with Gasteiger partial charge in [-0.25, -0.2) is 8.78 Å². The van der Waals surface area contributed by atoms with Gasteiger partial charge >= 0.3 is 0 Å². The van der Waals surface area contributed by atoms with Crippen molar-refractivity contribution in [3.05, 3.63) is 30.0 Å². The Bertz CT molecular complexity index is 449. The lowest BCUT2D eigenvalue weighted by atomic mass is 10.2. The van der Waals surface area contributed by atoms with Crippen LogP contribution in [0.2, 0.25) is 0 Å². The number of hydrogen-bond acceptors (Lipinski definition) is 3. The summed E-state index contributed by atoms with van der Waals surface area (Å²) in [7, 11) is 0. The molecule has 72 valence electrons. The van der Waals surface area contributed by atoms with Gasteiger partial charge in [0.25, 0.3) is 0 Å². The summed E-state index contributed by atoms with van der Waals surface area (Å²) in [5.74, 6) is -1.39. The maximum atomic E-state index is 13.2. The molecule has 0 aliphatic carbocycles. The Morgan fingerprint density at radius 3 is 2.57 bits per heavy atom. The van der Waals surface area contributed by atoms with Gasteiger partial charge in [-0.3, -0.25) is 10.1 Å². The molecule has 0 saturated carbocycles. The number of aromatic nitrogens is 3. The third kappa shape index (κ3) is 1.30. The number of anilines is 1. The predicted molar refractivity (Wildman–Crippen MR) is 46.1 cm³/mol. The number of nitrogen functional groups attached to an aromatic ring is 1. The minimum atomic E-state index is -0.677.